The van der Waals surface area contributed by atoms with Crippen molar-refractivity contribution >= 4 is 40.3 Å². The summed E-state index contributed by atoms with van der Waals surface area (Å²) in [5.41, 5.74) is 2.96. The van der Waals surface area contributed by atoms with Crippen LogP contribution in [-0.4, -0.2) is 10.1 Å². The zero-order chi connectivity index (χ0) is 15.2. The van der Waals surface area contributed by atoms with Gasteiger partial charge in [-0.2, -0.15) is 0 Å². The number of nitrogens with zero attached hydrogens (tertiary/aromatic N) is 1. The van der Waals surface area contributed by atoms with Gasteiger partial charge >= 0.3 is 0 Å². The summed E-state index contributed by atoms with van der Waals surface area (Å²) in [5.74, 6) is 0.568. The molecule has 1 aromatic heterocycles. The molecule has 21 heavy (non-hydrogen) atoms. The van der Waals surface area contributed by atoms with Crippen LogP contribution in [0.1, 0.15) is 31.7 Å². The van der Waals surface area contributed by atoms with Gasteiger partial charge in [-0.15, -0.1) is 0 Å². The molecule has 2 aromatic rings. The normalized spacial score (nSPS) is 11.8. The van der Waals surface area contributed by atoms with Crippen molar-refractivity contribution < 1.29 is 0 Å². The number of halogens is 1. The van der Waals surface area contributed by atoms with Crippen molar-refractivity contribution in [3.05, 3.63) is 53.3 Å². The number of aromatic nitrogens is 1. The smallest absolute Gasteiger partial charge is 0.175 e. The van der Waals surface area contributed by atoms with E-state index in [1.165, 1.54) is 5.56 Å². The molecular formula is C16H18ClN3S. The standard InChI is InChI=1S/C16H18ClN3S/c1-3-11(2)12-6-8-13(9-7-12)19-16(21)20-14-5-4-10-18-15(14)17/h4-11H,3H2,1-2H3,(H2,19,20,21). The molecule has 1 atom stereocenters. The summed E-state index contributed by atoms with van der Waals surface area (Å²) >= 11 is 11.3. The van der Waals surface area contributed by atoms with Gasteiger partial charge in [-0.25, -0.2) is 4.98 Å². The van der Waals surface area contributed by atoms with Crippen LogP contribution in [0.4, 0.5) is 11.4 Å². The van der Waals surface area contributed by atoms with E-state index in [-0.39, 0.29) is 0 Å². The Morgan fingerprint density at radius 2 is 1.95 bits per heavy atom. The highest BCUT2D eigenvalue weighted by atomic mass is 35.5. The molecule has 3 nitrogen and oxygen atoms in total. The average molecular weight is 320 g/mol. The van der Waals surface area contributed by atoms with Crippen LogP contribution in [0.25, 0.3) is 0 Å². The summed E-state index contributed by atoms with van der Waals surface area (Å²) in [5, 5.41) is 7.05. The first-order valence-electron chi connectivity index (χ1n) is 6.88. The molecule has 0 fully saturated rings. The summed E-state index contributed by atoms with van der Waals surface area (Å²) in [6, 6.07) is 11.9. The van der Waals surface area contributed by atoms with Gasteiger partial charge in [-0.1, -0.05) is 37.6 Å². The van der Waals surface area contributed by atoms with Crippen LogP contribution >= 0.6 is 23.8 Å². The Kier molecular flexibility index (Phi) is 5.53. The predicted octanol–water partition coefficient (Wildman–Crippen LogP) is 5.06. The van der Waals surface area contributed by atoms with E-state index in [2.05, 4.69) is 41.6 Å². The zero-order valence-corrected chi connectivity index (χ0v) is 13.6. The van der Waals surface area contributed by atoms with Crippen molar-refractivity contribution in [3.8, 4) is 0 Å². The van der Waals surface area contributed by atoms with Crippen LogP contribution in [0.5, 0.6) is 0 Å². The molecule has 0 spiro atoms. The summed E-state index contributed by atoms with van der Waals surface area (Å²) in [7, 11) is 0. The number of hydrogen-bond acceptors (Lipinski definition) is 2. The molecule has 1 heterocycles. The molecule has 0 radical (unpaired) electrons. The molecule has 2 rings (SSSR count). The minimum atomic E-state index is 0.397. The van der Waals surface area contributed by atoms with Crippen LogP contribution in [0.2, 0.25) is 5.15 Å². The Morgan fingerprint density at radius 1 is 1.24 bits per heavy atom. The quantitative estimate of drug-likeness (QED) is 0.610. The monoisotopic (exact) mass is 319 g/mol. The van der Waals surface area contributed by atoms with Gasteiger partial charge in [0.05, 0.1) is 5.69 Å². The number of rotatable bonds is 4. The molecule has 110 valence electrons. The number of benzene rings is 1. The maximum Gasteiger partial charge on any atom is 0.175 e. The molecule has 0 amide bonds. The maximum absolute atomic E-state index is 5.98. The fourth-order valence-corrected chi connectivity index (χ4v) is 2.29. The van der Waals surface area contributed by atoms with E-state index < -0.39 is 0 Å². The minimum Gasteiger partial charge on any atom is -0.332 e. The highest BCUT2D eigenvalue weighted by Crippen LogP contribution is 2.21. The van der Waals surface area contributed by atoms with Crippen molar-refractivity contribution in [3.63, 3.8) is 0 Å². The average Bonchev–Trinajstić information content (AvgIpc) is 2.49. The van der Waals surface area contributed by atoms with Gasteiger partial charge in [0.15, 0.2) is 10.3 Å². The summed E-state index contributed by atoms with van der Waals surface area (Å²) < 4.78 is 0. The first-order chi connectivity index (χ1) is 10.1. The Balaban J connectivity index is 1.98. The third-order valence-corrected chi connectivity index (χ3v) is 3.86. The molecule has 0 saturated carbocycles. The molecule has 0 saturated heterocycles. The van der Waals surface area contributed by atoms with Crippen molar-refractivity contribution in [2.24, 2.45) is 0 Å². The van der Waals surface area contributed by atoms with Gasteiger partial charge in [-0.3, -0.25) is 0 Å². The second kappa shape index (κ2) is 7.38. The second-order valence-electron chi connectivity index (χ2n) is 4.85. The summed E-state index contributed by atoms with van der Waals surface area (Å²) in [6.07, 6.45) is 2.77. The van der Waals surface area contributed by atoms with E-state index in [1.807, 2.05) is 18.2 Å². The molecule has 2 N–H and O–H groups in total. The van der Waals surface area contributed by atoms with Crippen LogP contribution in [0, 0.1) is 0 Å². The topological polar surface area (TPSA) is 37.0 Å². The first-order valence-corrected chi connectivity index (χ1v) is 7.67. The van der Waals surface area contributed by atoms with Gasteiger partial charge in [0.25, 0.3) is 0 Å². The number of thiocarbonyl (C=S) groups is 1. The van der Waals surface area contributed by atoms with E-state index in [1.54, 1.807) is 12.3 Å². The molecule has 0 aliphatic carbocycles. The van der Waals surface area contributed by atoms with E-state index in [0.29, 0.717) is 21.9 Å². The molecular weight excluding hydrogens is 302 g/mol. The van der Waals surface area contributed by atoms with Crippen molar-refractivity contribution in [2.45, 2.75) is 26.2 Å². The van der Waals surface area contributed by atoms with E-state index in [4.69, 9.17) is 23.8 Å². The lowest BCUT2D eigenvalue weighted by atomic mass is 9.99. The SMILES string of the molecule is CCC(C)c1ccc(NC(=S)Nc2cccnc2Cl)cc1. The van der Waals surface area contributed by atoms with Crippen LogP contribution in [0.15, 0.2) is 42.6 Å². The van der Waals surface area contributed by atoms with Gasteiger partial charge in [-0.05, 0) is 54.4 Å². The van der Waals surface area contributed by atoms with Gasteiger partial charge in [0.2, 0.25) is 0 Å². The van der Waals surface area contributed by atoms with Crippen molar-refractivity contribution in [1.29, 1.82) is 0 Å². The Labute approximate surface area is 135 Å². The molecule has 5 heteroatoms. The van der Waals surface area contributed by atoms with Crippen LogP contribution in [0.3, 0.4) is 0 Å². The fourth-order valence-electron chi connectivity index (χ4n) is 1.89. The number of anilines is 2. The lowest BCUT2D eigenvalue weighted by molar-refractivity contribution is 0.734. The van der Waals surface area contributed by atoms with E-state index in [0.717, 1.165) is 12.1 Å². The van der Waals surface area contributed by atoms with Gasteiger partial charge < -0.3 is 10.6 Å². The Hall–Kier alpha value is -1.65. The minimum absolute atomic E-state index is 0.397. The molecule has 1 unspecified atom stereocenters. The lowest BCUT2D eigenvalue weighted by Gasteiger charge is -2.13. The van der Waals surface area contributed by atoms with Crippen molar-refractivity contribution in [2.75, 3.05) is 10.6 Å². The zero-order valence-electron chi connectivity index (χ0n) is 12.1. The van der Waals surface area contributed by atoms with Gasteiger partial charge in [0.1, 0.15) is 0 Å². The van der Waals surface area contributed by atoms with E-state index >= 15 is 0 Å². The molecule has 0 aliphatic rings. The molecule has 1 aromatic carbocycles. The van der Waals surface area contributed by atoms with Gasteiger partial charge in [0, 0.05) is 11.9 Å². The highest BCUT2D eigenvalue weighted by Gasteiger charge is 2.05. The predicted molar refractivity (Wildman–Crippen MR) is 94.2 cm³/mol. The maximum atomic E-state index is 5.98. The number of nitrogens with one attached hydrogen (secondary N) is 2. The lowest BCUT2D eigenvalue weighted by Crippen LogP contribution is -2.19. The number of hydrogen-bond donors (Lipinski definition) is 2. The Morgan fingerprint density at radius 3 is 2.57 bits per heavy atom. The Bertz CT molecular complexity index is 613. The summed E-state index contributed by atoms with van der Waals surface area (Å²) in [4.78, 5) is 4.00. The van der Waals surface area contributed by atoms with Crippen molar-refractivity contribution in [1.82, 2.24) is 4.98 Å². The second-order valence-corrected chi connectivity index (χ2v) is 5.62. The third kappa shape index (κ3) is 4.41. The molecule has 0 aliphatic heterocycles. The number of pyridine rings is 1. The van der Waals surface area contributed by atoms with E-state index in [9.17, 15) is 0 Å². The largest absolute Gasteiger partial charge is 0.332 e. The van der Waals surface area contributed by atoms with Crippen LogP contribution < -0.4 is 10.6 Å². The van der Waals surface area contributed by atoms with Crippen LogP contribution in [-0.2, 0) is 0 Å². The first kappa shape index (κ1) is 15.7. The molecule has 0 bridgehead atoms. The summed E-state index contributed by atoms with van der Waals surface area (Å²) in [6.45, 7) is 4.41. The third-order valence-electron chi connectivity index (χ3n) is 3.36. The highest BCUT2D eigenvalue weighted by molar-refractivity contribution is 7.80. The fraction of sp³-hybridized carbons (Fsp3) is 0.250.